The van der Waals surface area contributed by atoms with E-state index in [1.807, 2.05) is 6.07 Å². The van der Waals surface area contributed by atoms with Gasteiger partial charge in [0.05, 0.1) is 12.0 Å². The second-order valence-corrected chi connectivity index (χ2v) is 9.80. The van der Waals surface area contributed by atoms with E-state index in [-0.39, 0.29) is 22.3 Å². The van der Waals surface area contributed by atoms with Crippen molar-refractivity contribution < 1.29 is 17.9 Å². The third-order valence-corrected chi connectivity index (χ3v) is 8.17. The number of carbonyl (C=O) groups is 1. The van der Waals surface area contributed by atoms with Crippen LogP contribution < -0.4 is 10.1 Å². The fourth-order valence-corrected chi connectivity index (χ4v) is 6.28. The van der Waals surface area contributed by atoms with Crippen LogP contribution in [0.3, 0.4) is 0 Å². The van der Waals surface area contributed by atoms with Gasteiger partial charge in [-0.2, -0.15) is 4.31 Å². The van der Waals surface area contributed by atoms with E-state index < -0.39 is 10.0 Å². The lowest BCUT2D eigenvalue weighted by atomic mass is 9.60. The van der Waals surface area contributed by atoms with Crippen molar-refractivity contribution in [2.75, 3.05) is 20.2 Å². The summed E-state index contributed by atoms with van der Waals surface area (Å²) in [6.45, 7) is 4.46. The van der Waals surface area contributed by atoms with E-state index in [9.17, 15) is 13.2 Å². The molecular formula is C21H25N3O4S. The Balaban J connectivity index is 1.50. The molecule has 8 heteroatoms. The van der Waals surface area contributed by atoms with E-state index in [1.165, 1.54) is 13.2 Å². The molecule has 1 aliphatic heterocycles. The zero-order valence-electron chi connectivity index (χ0n) is 16.4. The maximum atomic E-state index is 13.4. The quantitative estimate of drug-likeness (QED) is 0.758. The van der Waals surface area contributed by atoms with Gasteiger partial charge in [0.2, 0.25) is 21.8 Å². The molecule has 1 N–H and O–H groups in total. The van der Waals surface area contributed by atoms with Gasteiger partial charge in [0.15, 0.2) is 0 Å². The number of hydrogen-bond donors (Lipinski definition) is 1. The molecule has 0 radical (unpaired) electrons. The Morgan fingerprint density at radius 2 is 2.00 bits per heavy atom. The van der Waals surface area contributed by atoms with Crippen molar-refractivity contribution in [2.24, 2.45) is 5.41 Å². The second-order valence-electron chi connectivity index (χ2n) is 7.89. The van der Waals surface area contributed by atoms with Gasteiger partial charge in [0.1, 0.15) is 0 Å². The van der Waals surface area contributed by atoms with Crippen LogP contribution in [0.25, 0.3) is 10.8 Å². The molecular weight excluding hydrogens is 390 g/mol. The maximum Gasteiger partial charge on any atom is 0.243 e. The Morgan fingerprint density at radius 3 is 2.66 bits per heavy atom. The van der Waals surface area contributed by atoms with Crippen LogP contribution in [0.4, 0.5) is 0 Å². The summed E-state index contributed by atoms with van der Waals surface area (Å²) in [6.07, 6.45) is 6.27. The van der Waals surface area contributed by atoms with E-state index in [2.05, 4.69) is 16.9 Å². The number of pyridine rings is 1. The van der Waals surface area contributed by atoms with Gasteiger partial charge in [-0.15, -0.1) is 0 Å². The van der Waals surface area contributed by atoms with Crippen molar-refractivity contribution in [3.05, 3.63) is 43.1 Å². The van der Waals surface area contributed by atoms with Gasteiger partial charge in [-0.05, 0) is 55.4 Å². The number of nitrogens with one attached hydrogen (secondary N) is 1. The third-order valence-electron chi connectivity index (χ3n) is 6.21. The molecule has 2 aliphatic rings. The van der Waals surface area contributed by atoms with E-state index in [0.29, 0.717) is 29.7 Å². The van der Waals surface area contributed by atoms with E-state index >= 15 is 0 Å². The molecule has 4 rings (SSSR count). The number of benzene rings is 1. The molecule has 2 fully saturated rings. The normalized spacial score (nSPS) is 19.6. The lowest BCUT2D eigenvalue weighted by Gasteiger charge is -2.52. The molecule has 1 spiro atoms. The fraction of sp³-hybridized carbons (Fsp3) is 0.429. The van der Waals surface area contributed by atoms with Gasteiger partial charge in [-0.3, -0.25) is 4.79 Å². The van der Waals surface area contributed by atoms with Gasteiger partial charge in [-0.1, -0.05) is 12.6 Å². The highest BCUT2D eigenvalue weighted by atomic mass is 32.2. The van der Waals surface area contributed by atoms with Crippen molar-refractivity contribution >= 4 is 26.7 Å². The van der Waals surface area contributed by atoms with Gasteiger partial charge in [-0.25, -0.2) is 13.4 Å². The van der Waals surface area contributed by atoms with E-state index in [1.54, 1.807) is 28.7 Å². The largest absolute Gasteiger partial charge is 0.481 e. The summed E-state index contributed by atoms with van der Waals surface area (Å²) in [5, 5.41) is 4.23. The van der Waals surface area contributed by atoms with E-state index in [4.69, 9.17) is 4.74 Å². The lowest BCUT2D eigenvalue weighted by molar-refractivity contribution is -0.119. The summed E-state index contributed by atoms with van der Waals surface area (Å²) < 4.78 is 33.6. The summed E-state index contributed by atoms with van der Waals surface area (Å²) in [4.78, 5) is 15.9. The van der Waals surface area contributed by atoms with Crippen molar-refractivity contribution in [3.8, 4) is 5.88 Å². The van der Waals surface area contributed by atoms with Gasteiger partial charge < -0.3 is 10.1 Å². The average Bonchev–Trinajstić information content (AvgIpc) is 2.71. The predicted molar refractivity (Wildman–Crippen MR) is 110 cm³/mol. The van der Waals surface area contributed by atoms with Crippen LogP contribution in [-0.4, -0.2) is 49.9 Å². The highest BCUT2D eigenvalue weighted by molar-refractivity contribution is 7.89. The van der Waals surface area contributed by atoms with E-state index in [0.717, 1.165) is 25.7 Å². The number of aromatic nitrogens is 1. The van der Waals surface area contributed by atoms with Crippen molar-refractivity contribution in [1.29, 1.82) is 0 Å². The first-order valence-corrected chi connectivity index (χ1v) is 11.2. The Morgan fingerprint density at radius 1 is 1.28 bits per heavy atom. The SMILES string of the molecule is C=CC(=O)NC1CC2(CCN(S(=O)(=O)c3cccc4c(OC)nccc34)CC2)C1. The Labute approximate surface area is 170 Å². The fourth-order valence-electron chi connectivity index (χ4n) is 4.64. The van der Waals surface area contributed by atoms with Crippen molar-refractivity contribution in [2.45, 2.75) is 36.6 Å². The van der Waals surface area contributed by atoms with Crippen LogP contribution in [0.2, 0.25) is 0 Å². The molecule has 7 nitrogen and oxygen atoms in total. The molecule has 1 aliphatic carbocycles. The number of amides is 1. The summed E-state index contributed by atoms with van der Waals surface area (Å²) in [5.41, 5.74) is 0.136. The Bertz CT molecular complexity index is 1050. The lowest BCUT2D eigenvalue weighted by Crippen LogP contribution is -2.55. The average molecular weight is 416 g/mol. The first kappa shape index (κ1) is 19.8. The minimum Gasteiger partial charge on any atom is -0.481 e. The standard InChI is InChI=1S/C21H25N3O4S/c1-3-19(25)23-15-13-21(14-15)8-11-24(12-9-21)29(26,27)18-6-4-5-17-16(18)7-10-22-20(17)28-2/h3-7,10,15H,1,8-9,11-14H2,2H3,(H,23,25). The Kier molecular flexibility index (Phi) is 5.08. The summed E-state index contributed by atoms with van der Waals surface area (Å²) in [7, 11) is -2.09. The monoisotopic (exact) mass is 415 g/mol. The van der Waals surface area contributed by atoms with Crippen LogP contribution in [0.5, 0.6) is 5.88 Å². The highest BCUT2D eigenvalue weighted by Gasteiger charge is 2.47. The van der Waals surface area contributed by atoms with Crippen LogP contribution in [-0.2, 0) is 14.8 Å². The number of rotatable bonds is 5. The zero-order chi connectivity index (χ0) is 20.6. The zero-order valence-corrected chi connectivity index (χ0v) is 17.2. The molecule has 0 unspecified atom stereocenters. The number of piperidine rings is 1. The first-order chi connectivity index (χ1) is 13.9. The molecule has 1 saturated carbocycles. The number of hydrogen-bond acceptors (Lipinski definition) is 5. The number of nitrogens with zero attached hydrogens (tertiary/aromatic N) is 2. The van der Waals surface area contributed by atoms with Crippen LogP contribution in [0, 0.1) is 5.41 Å². The Hall–Kier alpha value is -2.45. The van der Waals surface area contributed by atoms with Gasteiger partial charge >= 0.3 is 0 Å². The van der Waals surface area contributed by atoms with Crippen LogP contribution in [0.1, 0.15) is 25.7 Å². The van der Waals surface area contributed by atoms with Crippen molar-refractivity contribution in [3.63, 3.8) is 0 Å². The molecule has 1 amide bonds. The van der Waals surface area contributed by atoms with Crippen LogP contribution in [0.15, 0.2) is 48.0 Å². The minimum absolute atomic E-state index is 0.136. The highest BCUT2D eigenvalue weighted by Crippen LogP contribution is 2.49. The molecule has 0 atom stereocenters. The van der Waals surface area contributed by atoms with Gasteiger partial charge in [0, 0.05) is 36.1 Å². The van der Waals surface area contributed by atoms with Crippen LogP contribution >= 0.6 is 0 Å². The van der Waals surface area contributed by atoms with Gasteiger partial charge in [0.25, 0.3) is 0 Å². The molecule has 1 aromatic carbocycles. The third kappa shape index (κ3) is 3.51. The molecule has 154 valence electrons. The number of fused-ring (bicyclic) bond motifs is 1. The topological polar surface area (TPSA) is 88.6 Å². The molecule has 1 saturated heterocycles. The molecule has 2 aromatic rings. The smallest absolute Gasteiger partial charge is 0.243 e. The summed E-state index contributed by atoms with van der Waals surface area (Å²) in [6, 6.07) is 7.07. The second kappa shape index (κ2) is 7.42. The predicted octanol–water partition coefficient (Wildman–Crippen LogP) is 2.48. The molecule has 1 aromatic heterocycles. The maximum absolute atomic E-state index is 13.4. The molecule has 2 heterocycles. The first-order valence-electron chi connectivity index (χ1n) is 9.73. The number of sulfonamides is 1. The van der Waals surface area contributed by atoms with Crippen molar-refractivity contribution in [1.82, 2.24) is 14.6 Å². The minimum atomic E-state index is -3.62. The summed E-state index contributed by atoms with van der Waals surface area (Å²) >= 11 is 0. The number of methoxy groups -OCH3 is 1. The summed E-state index contributed by atoms with van der Waals surface area (Å²) in [5.74, 6) is 0.268. The number of ether oxygens (including phenoxy) is 1. The molecule has 29 heavy (non-hydrogen) atoms. The number of carbonyl (C=O) groups excluding carboxylic acids is 1. The molecule has 0 bridgehead atoms.